The van der Waals surface area contributed by atoms with Gasteiger partial charge in [0.2, 0.25) is 0 Å². The van der Waals surface area contributed by atoms with Crippen LogP contribution in [0, 0.1) is 0 Å². The molecule has 30 heavy (non-hydrogen) atoms. The Morgan fingerprint density at radius 1 is 0.967 bits per heavy atom. The predicted molar refractivity (Wildman–Crippen MR) is 121 cm³/mol. The summed E-state index contributed by atoms with van der Waals surface area (Å²) < 4.78 is 5.34. The fourth-order valence-corrected chi connectivity index (χ4v) is 3.33. The smallest absolute Gasteiger partial charge is 0.343 e. The van der Waals surface area contributed by atoms with Crippen LogP contribution in [0.2, 0.25) is 0 Å². The minimum absolute atomic E-state index is 0.152. The van der Waals surface area contributed by atoms with Gasteiger partial charge in [0, 0.05) is 5.75 Å². The number of nitrogens with one attached hydrogen (secondary N) is 1. The van der Waals surface area contributed by atoms with E-state index >= 15 is 0 Å². The minimum Gasteiger partial charge on any atom is -0.423 e. The molecule has 0 heterocycles. The van der Waals surface area contributed by atoms with Crippen LogP contribution in [-0.4, -0.2) is 23.3 Å². The van der Waals surface area contributed by atoms with Crippen LogP contribution < -0.4 is 10.2 Å². The van der Waals surface area contributed by atoms with Crippen LogP contribution in [0.4, 0.5) is 0 Å². The average Bonchev–Trinajstić information content (AvgIpc) is 2.79. The first-order chi connectivity index (χ1) is 14.6. The van der Waals surface area contributed by atoms with Gasteiger partial charge in [-0.05, 0) is 54.4 Å². The molecule has 1 amide bonds. The van der Waals surface area contributed by atoms with Crippen LogP contribution in [0.5, 0.6) is 5.75 Å². The summed E-state index contributed by atoms with van der Waals surface area (Å²) in [4.78, 5) is 24.2. The number of nitrogens with zero attached hydrogens (tertiary/aromatic N) is 1. The van der Waals surface area contributed by atoms with Crippen molar-refractivity contribution in [2.75, 3.05) is 0 Å². The van der Waals surface area contributed by atoms with E-state index < -0.39 is 5.97 Å². The average molecular weight is 419 g/mol. The summed E-state index contributed by atoms with van der Waals surface area (Å²) >= 11 is 1.56. The maximum absolute atomic E-state index is 12.2. The zero-order valence-electron chi connectivity index (χ0n) is 16.5. The van der Waals surface area contributed by atoms with Gasteiger partial charge in [0.05, 0.1) is 17.0 Å². The Kier molecular flexibility index (Phi) is 7.80. The highest BCUT2D eigenvalue weighted by atomic mass is 32.2. The number of hydrogen-bond acceptors (Lipinski definition) is 5. The molecule has 5 nitrogen and oxygen atoms in total. The lowest BCUT2D eigenvalue weighted by atomic mass is 10.2. The molecule has 0 saturated heterocycles. The van der Waals surface area contributed by atoms with E-state index in [-0.39, 0.29) is 11.2 Å². The van der Waals surface area contributed by atoms with Gasteiger partial charge in [-0.25, -0.2) is 10.2 Å². The molecule has 0 saturated carbocycles. The standard InChI is InChI=1S/C24H22N2O3S/c1-18(30-17-20-8-4-2-5-9-20)23(27)26-25-16-19-12-14-22(15-13-19)29-24(28)21-10-6-3-7-11-21/h2-16,18H,17H2,1H3,(H,26,27)/b25-16-/t18-/m1/s1. The van der Waals surface area contributed by atoms with E-state index in [1.807, 2.05) is 43.3 Å². The number of amides is 1. The molecule has 0 aliphatic rings. The van der Waals surface area contributed by atoms with E-state index in [9.17, 15) is 9.59 Å². The normalized spacial score (nSPS) is 11.8. The van der Waals surface area contributed by atoms with Gasteiger partial charge in [0.1, 0.15) is 5.75 Å². The van der Waals surface area contributed by atoms with Gasteiger partial charge in [-0.2, -0.15) is 5.10 Å². The van der Waals surface area contributed by atoms with E-state index in [0.29, 0.717) is 11.3 Å². The van der Waals surface area contributed by atoms with Crippen LogP contribution in [0.25, 0.3) is 0 Å². The molecule has 3 aromatic rings. The van der Waals surface area contributed by atoms with Crippen molar-refractivity contribution in [2.45, 2.75) is 17.9 Å². The molecule has 0 fully saturated rings. The number of esters is 1. The van der Waals surface area contributed by atoms with Gasteiger partial charge < -0.3 is 4.74 Å². The van der Waals surface area contributed by atoms with Crippen molar-refractivity contribution in [2.24, 2.45) is 5.10 Å². The predicted octanol–water partition coefficient (Wildman–Crippen LogP) is 4.68. The lowest BCUT2D eigenvalue weighted by molar-refractivity contribution is -0.120. The molecule has 1 N–H and O–H groups in total. The molecule has 1 atom stereocenters. The van der Waals surface area contributed by atoms with Crippen molar-refractivity contribution in [3.05, 3.63) is 102 Å². The van der Waals surface area contributed by atoms with E-state index in [1.165, 1.54) is 5.56 Å². The van der Waals surface area contributed by atoms with Crippen LogP contribution in [0.1, 0.15) is 28.4 Å². The molecule has 0 aliphatic carbocycles. The second kappa shape index (κ2) is 11.0. The first kappa shape index (κ1) is 21.3. The lowest BCUT2D eigenvalue weighted by Crippen LogP contribution is -2.26. The van der Waals surface area contributed by atoms with Gasteiger partial charge >= 0.3 is 5.97 Å². The van der Waals surface area contributed by atoms with Gasteiger partial charge in [-0.1, -0.05) is 48.5 Å². The molecule has 6 heteroatoms. The monoisotopic (exact) mass is 418 g/mol. The fraction of sp³-hybridized carbons (Fsp3) is 0.125. The first-order valence-corrected chi connectivity index (χ1v) is 10.5. The van der Waals surface area contributed by atoms with Gasteiger partial charge in [0.25, 0.3) is 5.91 Å². The van der Waals surface area contributed by atoms with Gasteiger partial charge in [-0.15, -0.1) is 11.8 Å². The Morgan fingerprint density at radius 3 is 2.27 bits per heavy atom. The van der Waals surface area contributed by atoms with Crippen molar-refractivity contribution >= 4 is 29.9 Å². The summed E-state index contributed by atoms with van der Waals surface area (Å²) in [6, 6.07) is 25.7. The summed E-state index contributed by atoms with van der Waals surface area (Å²) in [5.41, 5.74) is 5.01. The van der Waals surface area contributed by atoms with Crippen molar-refractivity contribution in [3.8, 4) is 5.75 Å². The number of ether oxygens (including phenoxy) is 1. The Hall–Kier alpha value is -3.38. The first-order valence-electron chi connectivity index (χ1n) is 9.47. The van der Waals surface area contributed by atoms with Crippen LogP contribution in [0.15, 0.2) is 90.0 Å². The number of carbonyl (C=O) groups is 2. The molecule has 0 radical (unpaired) electrons. The van der Waals surface area contributed by atoms with Crippen LogP contribution in [0.3, 0.4) is 0 Å². The highest BCUT2D eigenvalue weighted by molar-refractivity contribution is 7.99. The quantitative estimate of drug-likeness (QED) is 0.250. The molecule has 0 bridgehead atoms. The van der Waals surface area contributed by atoms with Crippen LogP contribution in [-0.2, 0) is 10.5 Å². The lowest BCUT2D eigenvalue weighted by Gasteiger charge is -2.09. The topological polar surface area (TPSA) is 67.8 Å². The highest BCUT2D eigenvalue weighted by Crippen LogP contribution is 2.17. The van der Waals surface area contributed by atoms with E-state index in [2.05, 4.69) is 10.5 Å². The number of hydrazone groups is 1. The zero-order valence-corrected chi connectivity index (χ0v) is 17.3. The third-order valence-corrected chi connectivity index (χ3v) is 5.41. The molecule has 0 aliphatic heterocycles. The zero-order chi connectivity index (χ0) is 21.2. The molecule has 0 spiro atoms. The Balaban J connectivity index is 1.45. The van der Waals surface area contributed by atoms with E-state index in [4.69, 9.17) is 4.74 Å². The number of benzene rings is 3. The summed E-state index contributed by atoms with van der Waals surface area (Å²) in [5, 5.41) is 3.79. The molecule has 0 aromatic heterocycles. The van der Waals surface area contributed by atoms with Gasteiger partial charge in [-0.3, -0.25) is 4.79 Å². The Morgan fingerprint density at radius 2 is 1.60 bits per heavy atom. The summed E-state index contributed by atoms with van der Waals surface area (Å²) in [7, 11) is 0. The fourth-order valence-electron chi connectivity index (χ4n) is 2.49. The number of hydrogen-bond donors (Lipinski definition) is 1. The molecule has 3 rings (SSSR count). The molecular formula is C24H22N2O3S. The van der Waals surface area contributed by atoms with Gasteiger partial charge in [0.15, 0.2) is 0 Å². The maximum Gasteiger partial charge on any atom is 0.343 e. The molecule has 0 unspecified atom stereocenters. The maximum atomic E-state index is 12.2. The van der Waals surface area contributed by atoms with Crippen molar-refractivity contribution in [1.82, 2.24) is 5.43 Å². The molecular weight excluding hydrogens is 396 g/mol. The second-order valence-corrected chi connectivity index (χ2v) is 7.83. The third kappa shape index (κ3) is 6.60. The number of rotatable bonds is 8. The number of thioether (sulfide) groups is 1. The van der Waals surface area contributed by atoms with Crippen molar-refractivity contribution in [3.63, 3.8) is 0 Å². The van der Waals surface area contributed by atoms with E-state index in [0.717, 1.165) is 11.3 Å². The second-order valence-electron chi connectivity index (χ2n) is 6.50. The van der Waals surface area contributed by atoms with Crippen LogP contribution >= 0.6 is 11.8 Å². The van der Waals surface area contributed by atoms with Crippen molar-refractivity contribution < 1.29 is 14.3 Å². The van der Waals surface area contributed by atoms with Crippen molar-refractivity contribution in [1.29, 1.82) is 0 Å². The Bertz CT molecular complexity index is 990. The Labute approximate surface area is 180 Å². The number of carbonyl (C=O) groups excluding carboxylic acids is 2. The minimum atomic E-state index is -0.411. The molecule has 152 valence electrons. The third-order valence-electron chi connectivity index (χ3n) is 4.20. The summed E-state index contributed by atoms with van der Waals surface area (Å²) in [6.07, 6.45) is 1.55. The summed E-state index contributed by atoms with van der Waals surface area (Å²) in [6.45, 7) is 1.86. The summed E-state index contributed by atoms with van der Waals surface area (Å²) in [5.74, 6) is 0.644. The van der Waals surface area contributed by atoms with E-state index in [1.54, 1.807) is 66.5 Å². The largest absolute Gasteiger partial charge is 0.423 e. The highest BCUT2D eigenvalue weighted by Gasteiger charge is 2.12. The molecule has 3 aromatic carbocycles. The SMILES string of the molecule is C[C@@H](SCc1ccccc1)C(=O)N/N=C\c1ccc(OC(=O)c2ccccc2)cc1.